The summed E-state index contributed by atoms with van der Waals surface area (Å²) in [5, 5.41) is 0. The Hall–Kier alpha value is -0.493. The van der Waals surface area contributed by atoms with Gasteiger partial charge in [-0.25, -0.2) is 22.0 Å². The number of rotatable bonds is 9. The lowest BCUT2D eigenvalue weighted by atomic mass is 10.00. The number of halogens is 9. The van der Waals surface area contributed by atoms with E-state index in [2.05, 4.69) is 8.85 Å². The number of hydrogen-bond acceptors (Lipinski definition) is 2. The van der Waals surface area contributed by atoms with Crippen LogP contribution in [-0.4, -0.2) is 60.3 Å². The monoisotopic (exact) mass is 352 g/mol. The van der Waals surface area contributed by atoms with Crippen molar-refractivity contribution in [3.63, 3.8) is 0 Å². The number of hydrogen-bond donors (Lipinski definition) is 0. The van der Waals surface area contributed by atoms with Crippen LogP contribution >= 0.6 is 0 Å². The van der Waals surface area contributed by atoms with Gasteiger partial charge in [0.1, 0.15) is 0 Å². The van der Waals surface area contributed by atoms with E-state index in [0.29, 0.717) is 0 Å². The van der Waals surface area contributed by atoms with E-state index in [0.717, 1.165) is 14.2 Å². The van der Waals surface area contributed by atoms with E-state index in [-0.39, 0.29) is 0 Å². The van der Waals surface area contributed by atoms with E-state index < -0.39 is 52.1 Å². The Labute approximate surface area is 116 Å². The minimum Gasteiger partial charge on any atom is -0.400 e. The van der Waals surface area contributed by atoms with E-state index in [4.69, 9.17) is 0 Å². The highest BCUT2D eigenvalue weighted by Gasteiger charge is 2.69. The van der Waals surface area contributed by atoms with E-state index in [9.17, 15) is 39.5 Å². The van der Waals surface area contributed by atoms with Crippen LogP contribution in [0, 0.1) is 0 Å². The molecule has 0 aliphatic rings. The van der Waals surface area contributed by atoms with Crippen molar-refractivity contribution in [1.29, 1.82) is 0 Å². The zero-order valence-electron chi connectivity index (χ0n) is 10.8. The second-order valence-corrected chi connectivity index (χ2v) is 6.30. The summed E-state index contributed by atoms with van der Waals surface area (Å²) >= 11 is 0. The van der Waals surface area contributed by atoms with Gasteiger partial charge in [0.05, 0.1) is 0 Å². The third-order valence-corrected chi connectivity index (χ3v) is 4.48. The molecule has 0 rings (SSSR count). The highest BCUT2D eigenvalue weighted by molar-refractivity contribution is 6.44. The minimum absolute atomic E-state index is 0.954. The van der Waals surface area contributed by atoms with Crippen LogP contribution in [0.25, 0.3) is 0 Å². The molecule has 0 spiro atoms. The Bertz CT molecular complexity index is 314. The summed E-state index contributed by atoms with van der Waals surface area (Å²) in [7, 11) is -1.14. The molecule has 128 valence electrons. The van der Waals surface area contributed by atoms with Gasteiger partial charge in [-0.15, -0.1) is 0 Å². The lowest BCUT2D eigenvalue weighted by Crippen LogP contribution is -2.57. The topological polar surface area (TPSA) is 18.5 Å². The molecular weight excluding hydrogens is 339 g/mol. The summed E-state index contributed by atoms with van der Waals surface area (Å²) in [6.45, 7) is 0. The summed E-state index contributed by atoms with van der Waals surface area (Å²) in [6.07, 6.45) is -16.6. The maximum absolute atomic E-state index is 13.3. The Balaban J connectivity index is 5.16. The Morgan fingerprint density at radius 1 is 0.857 bits per heavy atom. The molecule has 0 aromatic rings. The fourth-order valence-electron chi connectivity index (χ4n) is 1.33. The third kappa shape index (κ3) is 4.49. The molecule has 21 heavy (non-hydrogen) atoms. The molecule has 12 heteroatoms. The van der Waals surface area contributed by atoms with Gasteiger partial charge in [0, 0.05) is 20.3 Å². The van der Waals surface area contributed by atoms with Gasteiger partial charge in [-0.05, 0) is 0 Å². The molecule has 0 heterocycles. The maximum Gasteiger partial charge on any atom is 0.346 e. The number of alkyl halides is 9. The molecule has 3 unspecified atom stereocenters. The first-order valence-corrected chi connectivity index (χ1v) is 7.20. The third-order valence-electron chi connectivity index (χ3n) is 2.63. The van der Waals surface area contributed by atoms with Crippen molar-refractivity contribution in [3.8, 4) is 0 Å². The van der Waals surface area contributed by atoms with Crippen LogP contribution in [0.1, 0.15) is 0 Å². The molecule has 0 amide bonds. The van der Waals surface area contributed by atoms with Crippen LogP contribution in [0.3, 0.4) is 0 Å². The van der Waals surface area contributed by atoms with Crippen molar-refractivity contribution in [2.24, 2.45) is 0 Å². The van der Waals surface area contributed by atoms with Crippen LogP contribution in [0.15, 0.2) is 0 Å². The summed E-state index contributed by atoms with van der Waals surface area (Å²) < 4.78 is 124. The second-order valence-electron chi connectivity index (χ2n) is 4.03. The predicted octanol–water partition coefficient (Wildman–Crippen LogP) is 3.05. The fourth-order valence-corrected chi connectivity index (χ4v) is 2.54. The van der Waals surface area contributed by atoms with Crippen molar-refractivity contribution in [1.82, 2.24) is 0 Å². The SMILES string of the molecule is CO[SiH](CC(F)C(F)(F)C(F)(F)C(F)C(F)C(F)F)OC. The van der Waals surface area contributed by atoms with E-state index in [1.807, 2.05) is 0 Å². The first kappa shape index (κ1) is 20.5. The van der Waals surface area contributed by atoms with Gasteiger partial charge in [-0.1, -0.05) is 0 Å². The van der Waals surface area contributed by atoms with Crippen molar-refractivity contribution in [2.75, 3.05) is 14.2 Å². The first-order valence-electron chi connectivity index (χ1n) is 5.45. The average molecular weight is 352 g/mol. The van der Waals surface area contributed by atoms with Gasteiger partial charge in [-0.2, -0.15) is 17.6 Å². The maximum atomic E-state index is 13.3. The summed E-state index contributed by atoms with van der Waals surface area (Å²) in [6, 6.07) is -1.30. The lowest BCUT2D eigenvalue weighted by Gasteiger charge is -2.32. The molecule has 0 aromatic heterocycles. The van der Waals surface area contributed by atoms with E-state index >= 15 is 0 Å². The standard InChI is InChI=1S/C9H13F9O2Si/c1-19-21(20-2)3-4(10)8(15,16)9(17,18)6(12)5(11)7(13)14/h4-7,21H,3H2,1-2H3. The Morgan fingerprint density at radius 3 is 1.62 bits per heavy atom. The van der Waals surface area contributed by atoms with E-state index in [1.54, 1.807) is 0 Å². The van der Waals surface area contributed by atoms with Crippen LogP contribution in [0.5, 0.6) is 0 Å². The molecule has 0 radical (unpaired) electrons. The molecule has 0 aliphatic heterocycles. The lowest BCUT2D eigenvalue weighted by molar-refractivity contribution is -0.274. The molecule has 0 saturated carbocycles. The highest BCUT2D eigenvalue weighted by Crippen LogP contribution is 2.45. The van der Waals surface area contributed by atoms with Crippen LogP contribution < -0.4 is 0 Å². The van der Waals surface area contributed by atoms with E-state index in [1.165, 1.54) is 0 Å². The summed E-state index contributed by atoms with van der Waals surface area (Å²) in [4.78, 5) is 0. The van der Waals surface area contributed by atoms with Gasteiger partial charge < -0.3 is 8.85 Å². The van der Waals surface area contributed by atoms with Crippen LogP contribution in [0.2, 0.25) is 6.04 Å². The predicted molar refractivity (Wildman–Crippen MR) is 56.6 cm³/mol. The minimum atomic E-state index is -5.96. The zero-order valence-corrected chi connectivity index (χ0v) is 12.0. The van der Waals surface area contributed by atoms with Gasteiger partial charge in [0.25, 0.3) is 6.43 Å². The largest absolute Gasteiger partial charge is 0.400 e. The molecule has 0 saturated heterocycles. The second kappa shape index (κ2) is 7.67. The van der Waals surface area contributed by atoms with Gasteiger partial charge in [0.15, 0.2) is 12.3 Å². The van der Waals surface area contributed by atoms with Gasteiger partial charge in [-0.3, -0.25) is 0 Å². The summed E-state index contributed by atoms with van der Waals surface area (Å²) in [5.74, 6) is -11.7. The Morgan fingerprint density at radius 2 is 1.29 bits per heavy atom. The molecular formula is C9H13F9O2Si. The quantitative estimate of drug-likeness (QED) is 0.469. The molecule has 0 bridgehead atoms. The first-order chi connectivity index (χ1) is 9.43. The van der Waals surface area contributed by atoms with Gasteiger partial charge in [0.2, 0.25) is 6.17 Å². The highest BCUT2D eigenvalue weighted by atomic mass is 28.3. The zero-order chi connectivity index (χ0) is 17.0. The molecule has 3 atom stereocenters. The Kier molecular flexibility index (Phi) is 7.49. The van der Waals surface area contributed by atoms with Crippen molar-refractivity contribution in [3.05, 3.63) is 0 Å². The fraction of sp³-hybridized carbons (Fsp3) is 1.00. The molecule has 2 nitrogen and oxygen atoms in total. The normalized spacial score (nSPS) is 18.1. The van der Waals surface area contributed by atoms with Gasteiger partial charge >= 0.3 is 21.1 Å². The van der Waals surface area contributed by atoms with Crippen molar-refractivity contribution >= 4 is 9.28 Å². The van der Waals surface area contributed by atoms with Crippen molar-refractivity contribution < 1.29 is 48.4 Å². The molecule has 0 aromatic carbocycles. The van der Waals surface area contributed by atoms with Crippen LogP contribution in [-0.2, 0) is 8.85 Å². The van der Waals surface area contributed by atoms with Crippen molar-refractivity contribution in [2.45, 2.75) is 42.8 Å². The molecule has 0 N–H and O–H groups in total. The molecule has 0 fully saturated rings. The smallest absolute Gasteiger partial charge is 0.346 e. The summed E-state index contributed by atoms with van der Waals surface area (Å²) in [5.41, 5.74) is 0. The van der Waals surface area contributed by atoms with Crippen LogP contribution in [0.4, 0.5) is 39.5 Å². The average Bonchev–Trinajstić information content (AvgIpc) is 2.41. The molecule has 0 aliphatic carbocycles.